The molecule has 6 nitrogen and oxygen atoms in total. The van der Waals surface area contributed by atoms with Gasteiger partial charge >= 0.3 is 5.69 Å². The number of hydrogen-bond acceptors (Lipinski definition) is 3. The molecule has 1 amide bonds. The van der Waals surface area contributed by atoms with Crippen LogP contribution in [0.4, 0.5) is 0 Å². The van der Waals surface area contributed by atoms with Crippen LogP contribution in [0, 0.1) is 0 Å². The molecule has 1 aromatic heterocycles. The van der Waals surface area contributed by atoms with Crippen molar-refractivity contribution in [3.8, 4) is 0 Å². The van der Waals surface area contributed by atoms with Crippen molar-refractivity contribution < 1.29 is 4.79 Å². The Morgan fingerprint density at radius 1 is 1.12 bits per heavy atom. The smallest absolute Gasteiger partial charge is 0.328 e. The number of aromatic nitrogens is 2. The van der Waals surface area contributed by atoms with Gasteiger partial charge in [0.25, 0.3) is 0 Å². The second-order valence-electron chi connectivity index (χ2n) is 7.26. The lowest BCUT2D eigenvalue weighted by atomic mass is 9.99. The molecule has 0 N–H and O–H groups in total. The van der Waals surface area contributed by atoms with E-state index in [1.165, 1.54) is 25.8 Å². The number of carbonyl (C=O) groups excluding carboxylic acids is 1. The number of piperidine rings is 1. The van der Waals surface area contributed by atoms with Gasteiger partial charge in [0.1, 0.15) is 0 Å². The normalized spacial score (nSPS) is 21.5. The Morgan fingerprint density at radius 3 is 2.76 bits per heavy atom. The van der Waals surface area contributed by atoms with Crippen LogP contribution in [-0.4, -0.2) is 57.1 Å². The molecular formula is C19H26N4O2. The number of amides is 1. The minimum atomic E-state index is -0.0499. The molecule has 2 aromatic rings. The lowest BCUT2D eigenvalue weighted by Gasteiger charge is -2.44. The highest BCUT2D eigenvalue weighted by atomic mass is 16.2. The highest BCUT2D eigenvalue weighted by Gasteiger charge is 2.30. The van der Waals surface area contributed by atoms with Gasteiger partial charge in [0.15, 0.2) is 0 Å². The van der Waals surface area contributed by atoms with E-state index in [-0.39, 0.29) is 11.6 Å². The first kappa shape index (κ1) is 16.4. The number of hydrogen-bond donors (Lipinski definition) is 0. The number of nitrogens with zero attached hydrogens (tertiary/aromatic N) is 4. The summed E-state index contributed by atoms with van der Waals surface area (Å²) in [6.45, 7) is 4.29. The summed E-state index contributed by atoms with van der Waals surface area (Å²) in [4.78, 5) is 29.7. The van der Waals surface area contributed by atoms with Crippen LogP contribution in [-0.2, 0) is 18.4 Å². The van der Waals surface area contributed by atoms with Gasteiger partial charge in [-0.05, 0) is 31.5 Å². The fourth-order valence-electron chi connectivity index (χ4n) is 4.33. The van der Waals surface area contributed by atoms with E-state index in [1.807, 2.05) is 29.2 Å². The average molecular weight is 342 g/mol. The summed E-state index contributed by atoms with van der Waals surface area (Å²) in [7, 11) is 1.78. The van der Waals surface area contributed by atoms with Gasteiger partial charge in [-0.2, -0.15) is 0 Å². The molecule has 0 unspecified atom stereocenters. The van der Waals surface area contributed by atoms with E-state index in [9.17, 15) is 9.59 Å². The third-order valence-corrected chi connectivity index (χ3v) is 5.79. The van der Waals surface area contributed by atoms with E-state index in [0.29, 0.717) is 19.0 Å². The maximum absolute atomic E-state index is 12.7. The van der Waals surface area contributed by atoms with Crippen LogP contribution in [0.25, 0.3) is 11.0 Å². The Morgan fingerprint density at radius 2 is 1.92 bits per heavy atom. The molecule has 2 fully saturated rings. The predicted molar refractivity (Wildman–Crippen MR) is 97.6 cm³/mol. The Balaban J connectivity index is 1.44. The topological polar surface area (TPSA) is 50.5 Å². The number of aryl methyl sites for hydroxylation is 2. The summed E-state index contributed by atoms with van der Waals surface area (Å²) in [5.74, 6) is 0.171. The predicted octanol–water partition coefficient (Wildman–Crippen LogP) is 1.43. The van der Waals surface area contributed by atoms with Gasteiger partial charge in [-0.1, -0.05) is 18.6 Å². The number of carbonyl (C=O) groups is 1. The maximum atomic E-state index is 12.7. The molecule has 1 atom stereocenters. The molecule has 6 heteroatoms. The largest absolute Gasteiger partial charge is 0.340 e. The van der Waals surface area contributed by atoms with Crippen molar-refractivity contribution in [2.24, 2.45) is 7.05 Å². The Bertz CT molecular complexity index is 838. The second kappa shape index (κ2) is 6.67. The Hall–Kier alpha value is -2.08. The van der Waals surface area contributed by atoms with Crippen LogP contribution in [0.5, 0.6) is 0 Å². The van der Waals surface area contributed by atoms with Crippen molar-refractivity contribution in [1.82, 2.24) is 18.9 Å². The number of imidazole rings is 1. The molecule has 0 spiro atoms. The molecule has 25 heavy (non-hydrogen) atoms. The van der Waals surface area contributed by atoms with Crippen LogP contribution in [0.1, 0.15) is 25.7 Å². The molecule has 2 aliphatic rings. The average Bonchev–Trinajstić information content (AvgIpc) is 2.90. The van der Waals surface area contributed by atoms with E-state index in [1.54, 1.807) is 16.2 Å². The summed E-state index contributed by atoms with van der Waals surface area (Å²) in [5.41, 5.74) is 1.77. The van der Waals surface area contributed by atoms with Crippen LogP contribution in [0.15, 0.2) is 29.1 Å². The molecular weight excluding hydrogens is 316 g/mol. The van der Waals surface area contributed by atoms with Gasteiger partial charge < -0.3 is 4.90 Å². The highest BCUT2D eigenvalue weighted by Crippen LogP contribution is 2.21. The van der Waals surface area contributed by atoms with E-state index in [0.717, 1.165) is 30.7 Å². The third kappa shape index (κ3) is 2.99. The number of para-hydroxylation sites is 2. The van der Waals surface area contributed by atoms with Gasteiger partial charge in [-0.15, -0.1) is 0 Å². The van der Waals surface area contributed by atoms with Gasteiger partial charge in [0, 0.05) is 45.7 Å². The van der Waals surface area contributed by atoms with Crippen molar-refractivity contribution >= 4 is 16.9 Å². The molecule has 2 saturated heterocycles. The zero-order valence-electron chi connectivity index (χ0n) is 14.9. The summed E-state index contributed by atoms with van der Waals surface area (Å²) in [6.07, 6.45) is 4.15. The SMILES string of the molecule is Cn1c(=O)n(CCC(=O)N2CCN3CCCC[C@@H]3C2)c2ccccc21. The highest BCUT2D eigenvalue weighted by molar-refractivity contribution is 5.78. The molecule has 1 aromatic carbocycles. The van der Waals surface area contributed by atoms with E-state index in [4.69, 9.17) is 0 Å². The lowest BCUT2D eigenvalue weighted by Crippen LogP contribution is -2.56. The first-order valence-corrected chi connectivity index (χ1v) is 9.31. The van der Waals surface area contributed by atoms with E-state index >= 15 is 0 Å². The Kier molecular flexibility index (Phi) is 4.37. The van der Waals surface area contributed by atoms with Crippen LogP contribution in [0.2, 0.25) is 0 Å². The van der Waals surface area contributed by atoms with Gasteiger partial charge in [-0.25, -0.2) is 4.79 Å². The number of benzene rings is 1. The molecule has 0 saturated carbocycles. The first-order valence-electron chi connectivity index (χ1n) is 9.31. The van der Waals surface area contributed by atoms with Crippen molar-refractivity contribution in [2.75, 3.05) is 26.2 Å². The van der Waals surface area contributed by atoms with Gasteiger partial charge in [0.05, 0.1) is 11.0 Å². The van der Waals surface area contributed by atoms with Crippen LogP contribution < -0.4 is 5.69 Å². The fraction of sp³-hybridized carbons (Fsp3) is 0.579. The minimum Gasteiger partial charge on any atom is -0.340 e. The first-order chi connectivity index (χ1) is 12.1. The lowest BCUT2D eigenvalue weighted by molar-refractivity contribution is -0.135. The zero-order chi connectivity index (χ0) is 17.4. The monoisotopic (exact) mass is 342 g/mol. The van der Waals surface area contributed by atoms with Crippen LogP contribution in [0.3, 0.4) is 0 Å². The van der Waals surface area contributed by atoms with Crippen molar-refractivity contribution in [3.05, 3.63) is 34.7 Å². The number of rotatable bonds is 3. The van der Waals surface area contributed by atoms with Crippen molar-refractivity contribution in [3.63, 3.8) is 0 Å². The minimum absolute atomic E-state index is 0.0499. The summed E-state index contributed by atoms with van der Waals surface area (Å²) in [6, 6.07) is 8.29. The summed E-state index contributed by atoms with van der Waals surface area (Å²) < 4.78 is 3.38. The van der Waals surface area contributed by atoms with Crippen molar-refractivity contribution in [2.45, 2.75) is 38.3 Å². The van der Waals surface area contributed by atoms with Crippen molar-refractivity contribution in [1.29, 1.82) is 0 Å². The number of fused-ring (bicyclic) bond motifs is 2. The molecule has 0 bridgehead atoms. The fourth-order valence-corrected chi connectivity index (χ4v) is 4.33. The summed E-state index contributed by atoms with van der Waals surface area (Å²) in [5, 5.41) is 0. The third-order valence-electron chi connectivity index (χ3n) is 5.79. The van der Waals surface area contributed by atoms with E-state index in [2.05, 4.69) is 4.90 Å². The van der Waals surface area contributed by atoms with Crippen LogP contribution >= 0.6 is 0 Å². The standard InChI is InChI=1S/C19H26N4O2/c1-20-16-7-2-3-8-17(16)23(19(20)25)11-9-18(24)22-13-12-21-10-5-4-6-15(21)14-22/h2-3,7-8,15H,4-6,9-14H2,1H3/t15-/m1/s1. The second-order valence-corrected chi connectivity index (χ2v) is 7.26. The molecule has 4 rings (SSSR count). The molecule has 0 aliphatic carbocycles. The Labute approximate surface area is 147 Å². The maximum Gasteiger partial charge on any atom is 0.328 e. The molecule has 0 radical (unpaired) electrons. The summed E-state index contributed by atoms with van der Waals surface area (Å²) >= 11 is 0. The van der Waals surface area contributed by atoms with Gasteiger partial charge in [0.2, 0.25) is 5.91 Å². The quantitative estimate of drug-likeness (QED) is 0.848. The van der Waals surface area contributed by atoms with E-state index < -0.39 is 0 Å². The molecule has 2 aliphatic heterocycles. The number of piperazine rings is 1. The zero-order valence-corrected chi connectivity index (χ0v) is 14.9. The van der Waals surface area contributed by atoms with Gasteiger partial charge in [-0.3, -0.25) is 18.8 Å². The molecule has 134 valence electrons. The molecule has 3 heterocycles.